The number of carbonyl (C=O) groups excluding carboxylic acids is 1. The summed E-state index contributed by atoms with van der Waals surface area (Å²) in [6, 6.07) is 5.06. The van der Waals surface area contributed by atoms with Crippen LogP contribution in [0.1, 0.15) is 27.0 Å². The summed E-state index contributed by atoms with van der Waals surface area (Å²) < 4.78 is 13.3. The molecule has 1 N–H and O–H groups in total. The number of Topliss-reactive ketones (excluding diaryl/α,β-unsaturated/α-hetero) is 1. The molecule has 0 bridgehead atoms. The largest absolute Gasteiger partial charge is 0.478 e. The van der Waals surface area contributed by atoms with Gasteiger partial charge < -0.3 is 5.11 Å². The number of ketones is 1. The van der Waals surface area contributed by atoms with Crippen molar-refractivity contribution in [2.45, 2.75) is 6.92 Å². The van der Waals surface area contributed by atoms with Crippen molar-refractivity contribution < 1.29 is 19.1 Å². The van der Waals surface area contributed by atoms with E-state index in [0.29, 0.717) is 10.4 Å². The first-order chi connectivity index (χ1) is 8.50. The van der Waals surface area contributed by atoms with Crippen molar-refractivity contribution >= 4 is 23.1 Å². The SMILES string of the molecule is CC(=O)c1sccc1-c1cc(F)ccc1C(=O)O. The van der Waals surface area contributed by atoms with Crippen molar-refractivity contribution in [3.05, 3.63) is 45.9 Å². The van der Waals surface area contributed by atoms with Gasteiger partial charge in [-0.25, -0.2) is 9.18 Å². The summed E-state index contributed by atoms with van der Waals surface area (Å²) in [5.74, 6) is -1.85. The molecule has 18 heavy (non-hydrogen) atoms. The first kappa shape index (κ1) is 12.4. The van der Waals surface area contributed by atoms with Gasteiger partial charge in [-0.15, -0.1) is 11.3 Å². The molecule has 0 unspecified atom stereocenters. The Hall–Kier alpha value is -2.01. The Kier molecular flexibility index (Phi) is 3.25. The summed E-state index contributed by atoms with van der Waals surface area (Å²) in [6.07, 6.45) is 0. The number of rotatable bonds is 3. The van der Waals surface area contributed by atoms with Crippen LogP contribution >= 0.6 is 11.3 Å². The lowest BCUT2D eigenvalue weighted by molar-refractivity contribution is 0.0697. The molecular formula is C13H9FO3S. The Balaban J connectivity index is 2.69. The molecule has 5 heteroatoms. The fourth-order valence-corrected chi connectivity index (χ4v) is 2.53. The van der Waals surface area contributed by atoms with E-state index in [1.807, 2.05) is 0 Å². The van der Waals surface area contributed by atoms with E-state index >= 15 is 0 Å². The Morgan fingerprint density at radius 1 is 1.22 bits per heavy atom. The van der Waals surface area contributed by atoms with E-state index in [1.54, 1.807) is 11.4 Å². The number of carboxylic acid groups (broad SMARTS) is 1. The molecule has 1 heterocycles. The maximum atomic E-state index is 13.3. The van der Waals surface area contributed by atoms with Crippen LogP contribution in [0.4, 0.5) is 4.39 Å². The van der Waals surface area contributed by atoms with Crippen molar-refractivity contribution in [2.75, 3.05) is 0 Å². The minimum absolute atomic E-state index is 0.0164. The number of carbonyl (C=O) groups is 2. The summed E-state index contributed by atoms with van der Waals surface area (Å²) in [5.41, 5.74) is 0.677. The number of thiophene rings is 1. The van der Waals surface area contributed by atoms with Crippen LogP contribution in [0.3, 0.4) is 0 Å². The van der Waals surface area contributed by atoms with Crippen LogP contribution < -0.4 is 0 Å². The third-order valence-corrected chi connectivity index (χ3v) is 3.50. The Morgan fingerprint density at radius 2 is 1.94 bits per heavy atom. The van der Waals surface area contributed by atoms with E-state index in [0.717, 1.165) is 12.1 Å². The number of benzene rings is 1. The molecule has 1 aromatic heterocycles. The van der Waals surface area contributed by atoms with Crippen molar-refractivity contribution in [1.29, 1.82) is 0 Å². The topological polar surface area (TPSA) is 54.4 Å². The third kappa shape index (κ3) is 2.17. The first-order valence-electron chi connectivity index (χ1n) is 5.12. The monoisotopic (exact) mass is 264 g/mol. The van der Waals surface area contributed by atoms with Crippen LogP contribution in [0.5, 0.6) is 0 Å². The zero-order chi connectivity index (χ0) is 13.3. The zero-order valence-corrected chi connectivity index (χ0v) is 10.3. The van der Waals surface area contributed by atoms with Gasteiger partial charge in [0.25, 0.3) is 0 Å². The average molecular weight is 264 g/mol. The number of halogens is 1. The van der Waals surface area contributed by atoms with Gasteiger partial charge in [0, 0.05) is 11.1 Å². The minimum atomic E-state index is -1.15. The minimum Gasteiger partial charge on any atom is -0.478 e. The van der Waals surface area contributed by atoms with Crippen LogP contribution in [0.15, 0.2) is 29.6 Å². The molecular weight excluding hydrogens is 255 g/mol. The molecule has 0 fully saturated rings. The Labute approximate surface area is 107 Å². The molecule has 0 radical (unpaired) electrons. The molecule has 0 aliphatic heterocycles. The lowest BCUT2D eigenvalue weighted by Gasteiger charge is -2.06. The van der Waals surface area contributed by atoms with Crippen molar-refractivity contribution in [3.8, 4) is 11.1 Å². The highest BCUT2D eigenvalue weighted by Crippen LogP contribution is 2.31. The first-order valence-corrected chi connectivity index (χ1v) is 6.00. The molecule has 0 aliphatic carbocycles. The van der Waals surface area contributed by atoms with Gasteiger partial charge in [-0.05, 0) is 36.6 Å². The highest BCUT2D eigenvalue weighted by molar-refractivity contribution is 7.12. The molecule has 2 rings (SSSR count). The van der Waals surface area contributed by atoms with E-state index in [1.165, 1.54) is 24.3 Å². The molecule has 0 aliphatic rings. The molecule has 0 spiro atoms. The van der Waals surface area contributed by atoms with Gasteiger partial charge in [0.1, 0.15) is 5.82 Å². The van der Waals surface area contributed by atoms with E-state index in [4.69, 9.17) is 5.11 Å². The molecule has 0 amide bonds. The summed E-state index contributed by atoms with van der Waals surface area (Å²) in [6.45, 7) is 1.40. The molecule has 1 aromatic carbocycles. The van der Waals surface area contributed by atoms with Crippen molar-refractivity contribution in [3.63, 3.8) is 0 Å². The quantitative estimate of drug-likeness (QED) is 0.864. The fourth-order valence-electron chi connectivity index (χ4n) is 1.72. The van der Waals surface area contributed by atoms with Gasteiger partial charge >= 0.3 is 5.97 Å². The van der Waals surface area contributed by atoms with Gasteiger partial charge in [0.2, 0.25) is 0 Å². The maximum Gasteiger partial charge on any atom is 0.336 e. The Morgan fingerprint density at radius 3 is 2.56 bits per heavy atom. The van der Waals surface area contributed by atoms with E-state index in [2.05, 4.69) is 0 Å². The molecule has 3 nitrogen and oxygen atoms in total. The van der Waals surface area contributed by atoms with E-state index < -0.39 is 11.8 Å². The number of carboxylic acids is 1. The summed E-state index contributed by atoms with van der Waals surface area (Å²) in [5, 5.41) is 10.8. The second-order valence-corrected chi connectivity index (χ2v) is 4.63. The molecule has 0 atom stereocenters. The normalized spacial score (nSPS) is 10.3. The molecule has 0 saturated heterocycles. The highest BCUT2D eigenvalue weighted by Gasteiger charge is 2.18. The highest BCUT2D eigenvalue weighted by atomic mass is 32.1. The molecule has 2 aromatic rings. The smallest absolute Gasteiger partial charge is 0.336 e. The molecule has 0 saturated carbocycles. The fraction of sp³-hybridized carbons (Fsp3) is 0.0769. The molecule has 92 valence electrons. The second-order valence-electron chi connectivity index (χ2n) is 3.71. The van der Waals surface area contributed by atoms with Gasteiger partial charge in [0.15, 0.2) is 5.78 Å². The zero-order valence-electron chi connectivity index (χ0n) is 9.44. The number of aromatic carboxylic acids is 1. The van der Waals surface area contributed by atoms with Crippen molar-refractivity contribution in [1.82, 2.24) is 0 Å². The Bertz CT molecular complexity index is 631. The third-order valence-electron chi connectivity index (χ3n) is 2.49. The van der Waals surface area contributed by atoms with Gasteiger partial charge in [-0.3, -0.25) is 4.79 Å². The van der Waals surface area contributed by atoms with Crippen LogP contribution in [-0.4, -0.2) is 16.9 Å². The van der Waals surface area contributed by atoms with E-state index in [9.17, 15) is 14.0 Å². The van der Waals surface area contributed by atoms with Gasteiger partial charge in [0.05, 0.1) is 10.4 Å². The van der Waals surface area contributed by atoms with Gasteiger partial charge in [-0.1, -0.05) is 0 Å². The number of hydrogen-bond donors (Lipinski definition) is 1. The van der Waals surface area contributed by atoms with E-state index in [-0.39, 0.29) is 16.9 Å². The lowest BCUT2D eigenvalue weighted by Crippen LogP contribution is -2.01. The standard InChI is InChI=1S/C13H9FO3S/c1-7(15)12-9(4-5-18-12)11-6-8(14)2-3-10(11)13(16)17/h2-6H,1H3,(H,16,17). The van der Waals surface area contributed by atoms with Crippen LogP contribution in [0.2, 0.25) is 0 Å². The predicted octanol–water partition coefficient (Wildman–Crippen LogP) is 3.46. The summed E-state index contributed by atoms with van der Waals surface area (Å²) in [4.78, 5) is 23.0. The van der Waals surface area contributed by atoms with Gasteiger partial charge in [-0.2, -0.15) is 0 Å². The van der Waals surface area contributed by atoms with Crippen LogP contribution in [0, 0.1) is 5.82 Å². The van der Waals surface area contributed by atoms with Crippen LogP contribution in [0.25, 0.3) is 11.1 Å². The number of hydrogen-bond acceptors (Lipinski definition) is 3. The van der Waals surface area contributed by atoms with Crippen LogP contribution in [-0.2, 0) is 0 Å². The second kappa shape index (κ2) is 4.70. The summed E-state index contributed by atoms with van der Waals surface area (Å²) >= 11 is 1.21. The predicted molar refractivity (Wildman–Crippen MR) is 66.7 cm³/mol. The lowest BCUT2D eigenvalue weighted by atomic mass is 9.99. The average Bonchev–Trinajstić information content (AvgIpc) is 2.77. The van der Waals surface area contributed by atoms with Crippen molar-refractivity contribution in [2.24, 2.45) is 0 Å². The maximum absolute atomic E-state index is 13.3. The summed E-state index contributed by atoms with van der Waals surface area (Å²) in [7, 11) is 0.